The van der Waals surface area contributed by atoms with E-state index in [0.29, 0.717) is 0 Å². The predicted octanol–water partition coefficient (Wildman–Crippen LogP) is 0.0171. The standard InChI is InChI=1S/C13H21N5O/c1-9-15-12-5-4-11(8-18(12)17-9)16-13(19)10-3-2-6-14-7-10/h10-11,14H,2-8H2,1H3,(H,16,19). The van der Waals surface area contributed by atoms with Gasteiger partial charge in [-0.15, -0.1) is 0 Å². The van der Waals surface area contributed by atoms with Gasteiger partial charge in [0.25, 0.3) is 0 Å². The minimum atomic E-state index is 0.132. The summed E-state index contributed by atoms with van der Waals surface area (Å²) in [5, 5.41) is 10.8. The molecule has 1 aromatic rings. The molecule has 0 saturated carbocycles. The molecule has 6 heteroatoms. The number of nitrogens with zero attached hydrogens (tertiary/aromatic N) is 3. The average Bonchev–Trinajstić information content (AvgIpc) is 2.79. The molecule has 2 N–H and O–H groups in total. The summed E-state index contributed by atoms with van der Waals surface area (Å²) in [6.45, 7) is 4.51. The highest BCUT2D eigenvalue weighted by molar-refractivity contribution is 5.79. The minimum absolute atomic E-state index is 0.132. The van der Waals surface area contributed by atoms with Crippen molar-refractivity contribution in [1.29, 1.82) is 0 Å². The van der Waals surface area contributed by atoms with Crippen molar-refractivity contribution in [2.24, 2.45) is 5.92 Å². The number of hydrogen-bond donors (Lipinski definition) is 2. The second-order valence-electron chi connectivity index (χ2n) is 5.54. The maximum absolute atomic E-state index is 12.2. The first-order valence-electron chi connectivity index (χ1n) is 7.14. The summed E-state index contributed by atoms with van der Waals surface area (Å²) >= 11 is 0. The summed E-state index contributed by atoms with van der Waals surface area (Å²) in [5.41, 5.74) is 0. The van der Waals surface area contributed by atoms with Crippen LogP contribution in [0.4, 0.5) is 0 Å². The van der Waals surface area contributed by atoms with Gasteiger partial charge in [0.05, 0.1) is 12.5 Å². The van der Waals surface area contributed by atoms with Crippen molar-refractivity contribution in [3.63, 3.8) is 0 Å². The molecule has 2 aliphatic rings. The zero-order chi connectivity index (χ0) is 13.2. The lowest BCUT2D eigenvalue weighted by molar-refractivity contribution is -0.126. The van der Waals surface area contributed by atoms with Gasteiger partial charge in [-0.2, -0.15) is 5.10 Å². The third kappa shape index (κ3) is 2.78. The van der Waals surface area contributed by atoms with Crippen LogP contribution in [0.3, 0.4) is 0 Å². The quantitative estimate of drug-likeness (QED) is 0.789. The Hall–Kier alpha value is -1.43. The maximum Gasteiger partial charge on any atom is 0.224 e. The zero-order valence-electron chi connectivity index (χ0n) is 11.4. The van der Waals surface area contributed by atoms with E-state index in [9.17, 15) is 4.79 Å². The van der Waals surface area contributed by atoms with Crippen molar-refractivity contribution >= 4 is 5.91 Å². The normalized spacial score (nSPS) is 26.8. The molecule has 1 saturated heterocycles. The molecular weight excluding hydrogens is 242 g/mol. The molecule has 1 fully saturated rings. The molecule has 1 amide bonds. The first-order valence-corrected chi connectivity index (χ1v) is 7.14. The SMILES string of the molecule is Cc1nc2n(n1)CC(NC(=O)C1CCCNC1)CC2. The number of rotatable bonds is 2. The number of piperidine rings is 1. The number of carbonyl (C=O) groups excluding carboxylic acids is 1. The Kier molecular flexibility index (Phi) is 3.50. The fourth-order valence-corrected chi connectivity index (χ4v) is 2.95. The molecule has 0 aromatic carbocycles. The summed E-state index contributed by atoms with van der Waals surface area (Å²) in [7, 11) is 0. The molecule has 0 aliphatic carbocycles. The van der Waals surface area contributed by atoms with Crippen molar-refractivity contribution in [3.05, 3.63) is 11.6 Å². The van der Waals surface area contributed by atoms with E-state index in [1.54, 1.807) is 0 Å². The van der Waals surface area contributed by atoms with E-state index < -0.39 is 0 Å². The Labute approximate surface area is 113 Å². The van der Waals surface area contributed by atoms with Gasteiger partial charge in [-0.1, -0.05) is 0 Å². The van der Waals surface area contributed by atoms with E-state index in [2.05, 4.69) is 20.7 Å². The van der Waals surface area contributed by atoms with E-state index in [-0.39, 0.29) is 17.9 Å². The van der Waals surface area contributed by atoms with Gasteiger partial charge in [0.1, 0.15) is 11.6 Å². The summed E-state index contributed by atoms with van der Waals surface area (Å²) in [4.78, 5) is 16.6. The molecule has 104 valence electrons. The van der Waals surface area contributed by atoms with Crippen LogP contribution in [0.5, 0.6) is 0 Å². The predicted molar refractivity (Wildman–Crippen MR) is 70.6 cm³/mol. The van der Waals surface area contributed by atoms with E-state index >= 15 is 0 Å². The van der Waals surface area contributed by atoms with Crippen LogP contribution in [0.25, 0.3) is 0 Å². The molecule has 1 aromatic heterocycles. The van der Waals surface area contributed by atoms with Gasteiger partial charge >= 0.3 is 0 Å². The van der Waals surface area contributed by atoms with Crippen molar-refractivity contribution in [2.45, 2.75) is 45.2 Å². The molecule has 3 rings (SSSR count). The third-order valence-electron chi connectivity index (χ3n) is 3.98. The summed E-state index contributed by atoms with van der Waals surface area (Å²) in [5.74, 6) is 2.19. The van der Waals surface area contributed by atoms with Crippen LogP contribution in [0, 0.1) is 12.8 Å². The first kappa shape index (κ1) is 12.6. The van der Waals surface area contributed by atoms with Gasteiger partial charge in [-0.3, -0.25) is 4.79 Å². The minimum Gasteiger partial charge on any atom is -0.351 e. The van der Waals surface area contributed by atoms with E-state index in [4.69, 9.17) is 0 Å². The molecule has 19 heavy (non-hydrogen) atoms. The van der Waals surface area contributed by atoms with Gasteiger partial charge in [0, 0.05) is 19.0 Å². The molecule has 6 nitrogen and oxygen atoms in total. The Bertz CT molecular complexity index is 464. The number of amides is 1. The summed E-state index contributed by atoms with van der Waals surface area (Å²) in [6.07, 6.45) is 3.95. The highest BCUT2D eigenvalue weighted by Gasteiger charge is 2.26. The number of fused-ring (bicyclic) bond motifs is 1. The van der Waals surface area contributed by atoms with Crippen molar-refractivity contribution in [3.8, 4) is 0 Å². The molecule has 2 atom stereocenters. The third-order valence-corrected chi connectivity index (χ3v) is 3.98. The van der Waals surface area contributed by atoms with Gasteiger partial charge in [0.2, 0.25) is 5.91 Å². The summed E-state index contributed by atoms with van der Waals surface area (Å²) < 4.78 is 1.93. The van der Waals surface area contributed by atoms with Crippen LogP contribution >= 0.6 is 0 Å². The van der Waals surface area contributed by atoms with Gasteiger partial charge in [-0.05, 0) is 32.7 Å². The lowest BCUT2D eigenvalue weighted by Crippen LogP contribution is -2.47. The van der Waals surface area contributed by atoms with Crippen molar-refractivity contribution < 1.29 is 4.79 Å². The lowest BCUT2D eigenvalue weighted by Gasteiger charge is -2.27. The van der Waals surface area contributed by atoms with Crippen molar-refractivity contribution in [1.82, 2.24) is 25.4 Å². The van der Waals surface area contributed by atoms with Crippen LogP contribution in [0.2, 0.25) is 0 Å². The van der Waals surface area contributed by atoms with Crippen LogP contribution < -0.4 is 10.6 Å². The number of carbonyl (C=O) groups is 1. The smallest absolute Gasteiger partial charge is 0.224 e. The van der Waals surface area contributed by atoms with E-state index in [1.807, 2.05) is 11.6 Å². The second-order valence-corrected chi connectivity index (χ2v) is 5.54. The van der Waals surface area contributed by atoms with Crippen LogP contribution in [-0.4, -0.2) is 39.8 Å². The second kappa shape index (κ2) is 5.28. The Morgan fingerprint density at radius 3 is 3.16 bits per heavy atom. The topological polar surface area (TPSA) is 71.8 Å². The monoisotopic (exact) mass is 263 g/mol. The Morgan fingerprint density at radius 2 is 2.37 bits per heavy atom. The van der Waals surface area contributed by atoms with Crippen LogP contribution in [0.1, 0.15) is 30.9 Å². The molecule has 0 bridgehead atoms. The maximum atomic E-state index is 12.2. The molecule has 0 radical (unpaired) electrons. The largest absolute Gasteiger partial charge is 0.351 e. The fraction of sp³-hybridized carbons (Fsp3) is 0.769. The van der Waals surface area contributed by atoms with E-state index in [0.717, 1.165) is 57.0 Å². The van der Waals surface area contributed by atoms with Crippen LogP contribution in [-0.2, 0) is 17.8 Å². The lowest BCUT2D eigenvalue weighted by atomic mass is 9.97. The first-order chi connectivity index (χ1) is 9.22. The Balaban J connectivity index is 1.57. The number of hydrogen-bond acceptors (Lipinski definition) is 4. The average molecular weight is 263 g/mol. The van der Waals surface area contributed by atoms with E-state index in [1.165, 1.54) is 0 Å². The zero-order valence-corrected chi connectivity index (χ0v) is 11.4. The highest BCUT2D eigenvalue weighted by atomic mass is 16.2. The van der Waals surface area contributed by atoms with Gasteiger partial charge in [0.15, 0.2) is 0 Å². The summed E-state index contributed by atoms with van der Waals surface area (Å²) in [6, 6.07) is 0.197. The van der Waals surface area contributed by atoms with Gasteiger partial charge < -0.3 is 10.6 Å². The van der Waals surface area contributed by atoms with Gasteiger partial charge in [-0.25, -0.2) is 9.67 Å². The molecule has 2 aliphatic heterocycles. The van der Waals surface area contributed by atoms with Crippen LogP contribution in [0.15, 0.2) is 0 Å². The number of aromatic nitrogens is 3. The fourth-order valence-electron chi connectivity index (χ4n) is 2.95. The molecule has 2 unspecified atom stereocenters. The molecular formula is C13H21N5O. The molecule has 0 spiro atoms. The van der Waals surface area contributed by atoms with Crippen molar-refractivity contribution in [2.75, 3.05) is 13.1 Å². The Morgan fingerprint density at radius 1 is 1.47 bits per heavy atom. The number of aryl methyl sites for hydroxylation is 2. The molecule has 3 heterocycles. The highest BCUT2D eigenvalue weighted by Crippen LogP contribution is 2.15. The number of nitrogens with one attached hydrogen (secondary N) is 2.